The predicted octanol–water partition coefficient (Wildman–Crippen LogP) is 2.44. The van der Waals surface area contributed by atoms with Crippen molar-refractivity contribution in [3.63, 3.8) is 0 Å². The topological polar surface area (TPSA) is 91.3 Å². The standard InChI is InChI=1S/C15H17N3O3S/c1-10(13-16-6-7-22-13)8-17-15(21)18-9-11-2-4-12(5-3-11)14(19)20/h2-7,10H,8-9H2,1H3,(H,19,20)(H2,17,18,21). The van der Waals surface area contributed by atoms with Gasteiger partial charge in [0.15, 0.2) is 0 Å². The molecule has 0 fully saturated rings. The van der Waals surface area contributed by atoms with Gasteiger partial charge in [-0.05, 0) is 17.7 Å². The normalized spacial score (nSPS) is 11.7. The molecule has 0 aliphatic rings. The number of aromatic nitrogens is 1. The van der Waals surface area contributed by atoms with Crippen LogP contribution in [-0.2, 0) is 6.54 Å². The zero-order valence-electron chi connectivity index (χ0n) is 12.1. The summed E-state index contributed by atoms with van der Waals surface area (Å²) in [6.07, 6.45) is 1.75. The molecule has 22 heavy (non-hydrogen) atoms. The van der Waals surface area contributed by atoms with E-state index in [0.717, 1.165) is 10.6 Å². The van der Waals surface area contributed by atoms with Crippen molar-refractivity contribution in [2.45, 2.75) is 19.4 Å². The van der Waals surface area contributed by atoms with Gasteiger partial charge in [0.2, 0.25) is 0 Å². The quantitative estimate of drug-likeness (QED) is 0.762. The highest BCUT2D eigenvalue weighted by Gasteiger charge is 2.09. The zero-order valence-corrected chi connectivity index (χ0v) is 12.9. The Kier molecular flexibility index (Phi) is 5.48. The largest absolute Gasteiger partial charge is 0.478 e. The molecule has 6 nitrogen and oxygen atoms in total. The fourth-order valence-electron chi connectivity index (χ4n) is 1.82. The predicted molar refractivity (Wildman–Crippen MR) is 84.2 cm³/mol. The van der Waals surface area contributed by atoms with Gasteiger partial charge < -0.3 is 15.7 Å². The lowest BCUT2D eigenvalue weighted by molar-refractivity contribution is 0.0697. The molecule has 116 valence electrons. The first-order chi connectivity index (χ1) is 10.6. The van der Waals surface area contributed by atoms with Crippen LogP contribution in [0.15, 0.2) is 35.8 Å². The number of urea groups is 1. The van der Waals surface area contributed by atoms with Gasteiger partial charge in [-0.3, -0.25) is 0 Å². The molecule has 1 unspecified atom stereocenters. The number of carbonyl (C=O) groups excluding carboxylic acids is 1. The summed E-state index contributed by atoms with van der Waals surface area (Å²) in [5, 5.41) is 17.2. The molecule has 1 heterocycles. The lowest BCUT2D eigenvalue weighted by Gasteiger charge is -2.11. The minimum Gasteiger partial charge on any atom is -0.478 e. The maximum absolute atomic E-state index is 11.7. The van der Waals surface area contributed by atoms with Crippen molar-refractivity contribution >= 4 is 23.3 Å². The monoisotopic (exact) mass is 319 g/mol. The number of aromatic carboxylic acids is 1. The molecule has 0 saturated carbocycles. The van der Waals surface area contributed by atoms with E-state index in [9.17, 15) is 9.59 Å². The van der Waals surface area contributed by atoms with E-state index in [2.05, 4.69) is 15.6 Å². The summed E-state index contributed by atoms with van der Waals surface area (Å²) in [6.45, 7) is 2.86. The summed E-state index contributed by atoms with van der Waals surface area (Å²) in [4.78, 5) is 26.7. The second kappa shape index (κ2) is 7.56. The summed E-state index contributed by atoms with van der Waals surface area (Å²) in [5.41, 5.74) is 1.07. The fraction of sp³-hybridized carbons (Fsp3) is 0.267. The molecule has 0 saturated heterocycles. The molecule has 2 aromatic rings. The second-order valence-corrected chi connectivity index (χ2v) is 5.76. The van der Waals surface area contributed by atoms with E-state index in [1.807, 2.05) is 12.3 Å². The van der Waals surface area contributed by atoms with Crippen molar-refractivity contribution in [2.75, 3.05) is 6.54 Å². The molecule has 3 N–H and O–H groups in total. The van der Waals surface area contributed by atoms with E-state index < -0.39 is 5.97 Å². The average Bonchev–Trinajstić information content (AvgIpc) is 3.05. The molecule has 0 aliphatic carbocycles. The van der Waals surface area contributed by atoms with Gasteiger partial charge in [0, 0.05) is 30.6 Å². The number of rotatable bonds is 6. The van der Waals surface area contributed by atoms with Crippen LogP contribution in [0.5, 0.6) is 0 Å². The van der Waals surface area contributed by atoms with Crippen LogP contribution < -0.4 is 10.6 Å². The SMILES string of the molecule is CC(CNC(=O)NCc1ccc(C(=O)O)cc1)c1nccs1. The van der Waals surface area contributed by atoms with Crippen LogP contribution in [0.2, 0.25) is 0 Å². The highest BCUT2D eigenvalue weighted by atomic mass is 32.1. The molecule has 2 amide bonds. The Labute approximate surface area is 132 Å². The summed E-state index contributed by atoms with van der Waals surface area (Å²) in [7, 11) is 0. The maximum atomic E-state index is 11.7. The first kappa shape index (κ1) is 16.0. The van der Waals surface area contributed by atoms with Gasteiger partial charge in [-0.25, -0.2) is 14.6 Å². The lowest BCUT2D eigenvalue weighted by Crippen LogP contribution is -2.37. The molecule has 0 aliphatic heterocycles. The first-order valence-corrected chi connectivity index (χ1v) is 7.67. The van der Waals surface area contributed by atoms with Gasteiger partial charge in [0.05, 0.1) is 10.6 Å². The molecule has 0 radical (unpaired) electrons. The van der Waals surface area contributed by atoms with Gasteiger partial charge in [-0.15, -0.1) is 11.3 Å². The van der Waals surface area contributed by atoms with E-state index in [4.69, 9.17) is 5.11 Å². The number of amides is 2. The maximum Gasteiger partial charge on any atom is 0.335 e. The van der Waals surface area contributed by atoms with Crippen molar-refractivity contribution < 1.29 is 14.7 Å². The van der Waals surface area contributed by atoms with Crippen LogP contribution in [0.4, 0.5) is 4.79 Å². The average molecular weight is 319 g/mol. The van der Waals surface area contributed by atoms with E-state index in [1.54, 1.807) is 29.7 Å². The first-order valence-electron chi connectivity index (χ1n) is 6.79. The van der Waals surface area contributed by atoms with Crippen LogP contribution in [0, 0.1) is 0 Å². The van der Waals surface area contributed by atoms with Gasteiger partial charge in [0.1, 0.15) is 0 Å². The van der Waals surface area contributed by atoms with Crippen molar-refractivity contribution in [1.82, 2.24) is 15.6 Å². The fourth-order valence-corrected chi connectivity index (χ4v) is 2.52. The van der Waals surface area contributed by atoms with Crippen LogP contribution in [0.1, 0.15) is 33.8 Å². The highest BCUT2D eigenvalue weighted by molar-refractivity contribution is 7.09. The molecule has 1 aromatic carbocycles. The van der Waals surface area contributed by atoms with Crippen molar-refractivity contribution in [2.24, 2.45) is 0 Å². The Morgan fingerprint density at radius 2 is 2.00 bits per heavy atom. The Bertz CT molecular complexity index is 626. The van der Waals surface area contributed by atoms with E-state index >= 15 is 0 Å². The number of nitrogens with one attached hydrogen (secondary N) is 2. The number of carboxylic acids is 1. The van der Waals surface area contributed by atoms with Gasteiger partial charge in [-0.1, -0.05) is 19.1 Å². The van der Waals surface area contributed by atoms with E-state index in [-0.39, 0.29) is 17.5 Å². The molecule has 0 spiro atoms. The zero-order chi connectivity index (χ0) is 15.9. The van der Waals surface area contributed by atoms with Gasteiger partial charge >= 0.3 is 12.0 Å². The van der Waals surface area contributed by atoms with Crippen molar-refractivity contribution in [1.29, 1.82) is 0 Å². The molecule has 1 aromatic heterocycles. The van der Waals surface area contributed by atoms with Crippen LogP contribution in [0.25, 0.3) is 0 Å². The Hall–Kier alpha value is -2.41. The molecule has 7 heteroatoms. The Morgan fingerprint density at radius 1 is 1.27 bits per heavy atom. The molecule has 1 atom stereocenters. The number of nitrogens with zero attached hydrogens (tertiary/aromatic N) is 1. The van der Waals surface area contributed by atoms with E-state index in [0.29, 0.717) is 13.1 Å². The molecular formula is C15H17N3O3S. The molecule has 0 bridgehead atoms. The number of benzene rings is 1. The summed E-state index contributed by atoms with van der Waals surface area (Å²) >= 11 is 1.57. The third-order valence-corrected chi connectivity index (χ3v) is 4.10. The van der Waals surface area contributed by atoms with Crippen molar-refractivity contribution in [3.05, 3.63) is 52.0 Å². The van der Waals surface area contributed by atoms with Crippen LogP contribution in [-0.4, -0.2) is 28.6 Å². The number of carbonyl (C=O) groups is 2. The Morgan fingerprint density at radius 3 is 2.59 bits per heavy atom. The third-order valence-electron chi connectivity index (χ3n) is 3.10. The summed E-state index contributed by atoms with van der Waals surface area (Å²) in [6, 6.07) is 6.14. The highest BCUT2D eigenvalue weighted by Crippen LogP contribution is 2.16. The van der Waals surface area contributed by atoms with Crippen LogP contribution in [0.3, 0.4) is 0 Å². The second-order valence-electron chi connectivity index (χ2n) is 4.84. The van der Waals surface area contributed by atoms with Gasteiger partial charge in [0.25, 0.3) is 0 Å². The minimum absolute atomic E-state index is 0.167. The third kappa shape index (κ3) is 4.56. The van der Waals surface area contributed by atoms with Gasteiger partial charge in [-0.2, -0.15) is 0 Å². The summed E-state index contributed by atoms with van der Waals surface area (Å²) in [5.74, 6) is -0.797. The molecular weight excluding hydrogens is 302 g/mol. The Balaban J connectivity index is 1.74. The summed E-state index contributed by atoms with van der Waals surface area (Å²) < 4.78 is 0. The number of hydrogen-bond donors (Lipinski definition) is 3. The number of carboxylic acid groups (broad SMARTS) is 1. The molecule has 2 rings (SSSR count). The van der Waals surface area contributed by atoms with E-state index in [1.165, 1.54) is 12.1 Å². The minimum atomic E-state index is -0.964. The lowest BCUT2D eigenvalue weighted by atomic mass is 10.1. The van der Waals surface area contributed by atoms with Crippen molar-refractivity contribution in [3.8, 4) is 0 Å². The van der Waals surface area contributed by atoms with Crippen LogP contribution >= 0.6 is 11.3 Å². The smallest absolute Gasteiger partial charge is 0.335 e. The number of hydrogen-bond acceptors (Lipinski definition) is 4. The number of thiazole rings is 1.